The predicted octanol–water partition coefficient (Wildman–Crippen LogP) is 4.76. The van der Waals surface area contributed by atoms with E-state index < -0.39 is 11.2 Å². The Labute approximate surface area is 179 Å². The molecule has 0 amide bonds. The molecule has 1 heterocycles. The van der Waals surface area contributed by atoms with Gasteiger partial charge in [0.25, 0.3) is 0 Å². The standard InChI is InChI=1S/C25H28BN2O2/c1-24(2,29)25(3,4)30-26-19-16-14-18(15-17-19)23-27-21-12-8-9-13-22(21)28(23)20-10-6-5-7-11-20/h5-17,23,27,29H,1-4H3. The lowest BCUT2D eigenvalue weighted by atomic mass is 9.82. The number of fused-ring (bicyclic) bond motifs is 1. The summed E-state index contributed by atoms with van der Waals surface area (Å²) >= 11 is 0. The van der Waals surface area contributed by atoms with Gasteiger partial charge in [0.15, 0.2) is 0 Å². The molecular formula is C25H28BN2O2. The van der Waals surface area contributed by atoms with Crippen molar-refractivity contribution in [2.24, 2.45) is 0 Å². The first-order chi connectivity index (χ1) is 14.3. The first-order valence-electron chi connectivity index (χ1n) is 10.3. The van der Waals surface area contributed by atoms with Gasteiger partial charge in [0.2, 0.25) is 0 Å². The Morgan fingerprint density at radius 3 is 2.17 bits per heavy atom. The zero-order valence-corrected chi connectivity index (χ0v) is 18.0. The molecule has 1 unspecified atom stereocenters. The Kier molecular flexibility index (Phi) is 5.35. The van der Waals surface area contributed by atoms with Crippen LogP contribution in [0, 0.1) is 0 Å². The van der Waals surface area contributed by atoms with Crippen LogP contribution < -0.4 is 15.7 Å². The molecule has 3 aromatic carbocycles. The molecule has 0 fully saturated rings. The van der Waals surface area contributed by atoms with Gasteiger partial charge in [-0.2, -0.15) is 0 Å². The van der Waals surface area contributed by atoms with Crippen LogP contribution in [0.1, 0.15) is 39.4 Å². The maximum absolute atomic E-state index is 10.3. The van der Waals surface area contributed by atoms with E-state index >= 15 is 0 Å². The van der Waals surface area contributed by atoms with Gasteiger partial charge in [-0.25, -0.2) is 0 Å². The highest BCUT2D eigenvalue weighted by Gasteiger charge is 2.36. The molecule has 1 atom stereocenters. The van der Waals surface area contributed by atoms with Crippen LogP contribution in [0.3, 0.4) is 0 Å². The summed E-state index contributed by atoms with van der Waals surface area (Å²) < 4.78 is 5.89. The SMILES string of the molecule is CC(C)(O)C(C)(C)O[B]c1ccc(C2Nc3ccccc3N2c2ccccc2)cc1. The lowest BCUT2D eigenvalue weighted by Gasteiger charge is -2.37. The van der Waals surface area contributed by atoms with Crippen molar-refractivity contribution in [3.05, 3.63) is 84.4 Å². The fourth-order valence-corrected chi connectivity index (χ4v) is 3.38. The third-order valence-corrected chi connectivity index (χ3v) is 5.96. The van der Waals surface area contributed by atoms with Crippen LogP contribution >= 0.6 is 0 Å². The molecular weight excluding hydrogens is 371 g/mol. The molecule has 1 aliphatic rings. The van der Waals surface area contributed by atoms with E-state index in [1.165, 1.54) is 5.69 Å². The third kappa shape index (κ3) is 3.96. The van der Waals surface area contributed by atoms with Crippen LogP contribution in [0.15, 0.2) is 78.9 Å². The van der Waals surface area contributed by atoms with Gasteiger partial charge in [-0.1, -0.05) is 60.1 Å². The van der Waals surface area contributed by atoms with Crippen LogP contribution in [0.4, 0.5) is 17.1 Å². The molecule has 4 nitrogen and oxygen atoms in total. The van der Waals surface area contributed by atoms with Crippen LogP contribution in [0.2, 0.25) is 0 Å². The number of benzene rings is 3. The lowest BCUT2D eigenvalue weighted by molar-refractivity contribution is -0.0893. The highest BCUT2D eigenvalue weighted by molar-refractivity contribution is 6.47. The summed E-state index contributed by atoms with van der Waals surface area (Å²) in [6.07, 6.45) is 0.00702. The van der Waals surface area contributed by atoms with Gasteiger partial charge in [0.05, 0.1) is 22.6 Å². The van der Waals surface area contributed by atoms with E-state index in [1.54, 1.807) is 21.3 Å². The Morgan fingerprint density at radius 2 is 1.50 bits per heavy atom. The van der Waals surface area contributed by atoms with Crippen LogP contribution in [0.25, 0.3) is 0 Å². The Bertz CT molecular complexity index is 998. The van der Waals surface area contributed by atoms with Gasteiger partial charge in [0, 0.05) is 5.69 Å². The van der Waals surface area contributed by atoms with Gasteiger partial charge < -0.3 is 20.0 Å². The van der Waals surface area contributed by atoms with Crippen LogP contribution in [-0.2, 0) is 4.65 Å². The maximum atomic E-state index is 10.3. The summed E-state index contributed by atoms with van der Waals surface area (Å²) in [5.41, 5.74) is 3.92. The summed E-state index contributed by atoms with van der Waals surface area (Å²) in [5, 5.41) is 13.9. The molecule has 0 saturated heterocycles. The summed E-state index contributed by atoms with van der Waals surface area (Å²) in [4.78, 5) is 2.32. The minimum atomic E-state index is -0.945. The minimum Gasteiger partial charge on any atom is -0.427 e. The molecule has 1 radical (unpaired) electrons. The first-order valence-corrected chi connectivity index (χ1v) is 10.3. The topological polar surface area (TPSA) is 44.7 Å². The fraction of sp³-hybridized carbons (Fsp3) is 0.280. The van der Waals surface area contributed by atoms with Gasteiger partial charge in [-0.05, 0) is 57.5 Å². The quantitative estimate of drug-likeness (QED) is 0.587. The summed E-state index contributed by atoms with van der Waals surface area (Å²) in [6, 6.07) is 27.1. The predicted molar refractivity (Wildman–Crippen MR) is 125 cm³/mol. The Balaban J connectivity index is 1.56. The fourth-order valence-electron chi connectivity index (χ4n) is 3.38. The molecule has 5 heteroatoms. The highest BCUT2D eigenvalue weighted by Crippen LogP contribution is 2.45. The second kappa shape index (κ2) is 7.82. The van der Waals surface area contributed by atoms with Gasteiger partial charge >= 0.3 is 7.48 Å². The Morgan fingerprint density at radius 1 is 0.867 bits per heavy atom. The molecule has 30 heavy (non-hydrogen) atoms. The molecule has 0 aromatic heterocycles. The van der Waals surface area contributed by atoms with Crippen molar-refractivity contribution in [3.63, 3.8) is 0 Å². The van der Waals surface area contributed by atoms with Gasteiger partial charge in [0.1, 0.15) is 6.17 Å². The van der Waals surface area contributed by atoms with Crippen LogP contribution in [-0.4, -0.2) is 23.8 Å². The molecule has 0 bridgehead atoms. The zero-order valence-electron chi connectivity index (χ0n) is 18.0. The van der Waals surface area contributed by atoms with Crippen molar-refractivity contribution in [2.45, 2.75) is 45.1 Å². The Hall–Kier alpha value is -2.76. The third-order valence-electron chi connectivity index (χ3n) is 5.96. The van der Waals surface area contributed by atoms with Gasteiger partial charge in [-0.3, -0.25) is 0 Å². The number of para-hydroxylation sites is 3. The van der Waals surface area contributed by atoms with Crippen LogP contribution in [0.5, 0.6) is 0 Å². The molecule has 4 rings (SSSR count). The van der Waals surface area contributed by atoms with Crippen molar-refractivity contribution < 1.29 is 9.76 Å². The van der Waals surface area contributed by atoms with E-state index in [4.69, 9.17) is 4.65 Å². The normalized spacial score (nSPS) is 16.2. The van der Waals surface area contributed by atoms with Crippen molar-refractivity contribution >= 4 is 30.0 Å². The van der Waals surface area contributed by atoms with Crippen molar-refractivity contribution in [1.29, 1.82) is 0 Å². The monoisotopic (exact) mass is 399 g/mol. The second-order valence-corrected chi connectivity index (χ2v) is 8.74. The van der Waals surface area contributed by atoms with E-state index in [-0.39, 0.29) is 6.17 Å². The van der Waals surface area contributed by atoms with E-state index in [0.29, 0.717) is 0 Å². The average molecular weight is 399 g/mol. The van der Waals surface area contributed by atoms with Gasteiger partial charge in [-0.15, -0.1) is 0 Å². The number of hydrogen-bond donors (Lipinski definition) is 2. The van der Waals surface area contributed by atoms with E-state index in [9.17, 15) is 5.11 Å². The number of anilines is 3. The minimum absolute atomic E-state index is 0.00702. The second-order valence-electron chi connectivity index (χ2n) is 8.74. The molecule has 0 aliphatic carbocycles. The molecule has 0 saturated carbocycles. The number of nitrogens with zero attached hydrogens (tertiary/aromatic N) is 1. The summed E-state index contributed by atoms with van der Waals surface area (Å²) in [6.45, 7) is 7.28. The number of aliphatic hydroxyl groups is 1. The summed E-state index contributed by atoms with van der Waals surface area (Å²) in [7, 11) is 1.72. The average Bonchev–Trinajstić information content (AvgIpc) is 3.12. The number of rotatable bonds is 6. The number of hydrogen-bond acceptors (Lipinski definition) is 4. The lowest BCUT2D eigenvalue weighted by Crippen LogP contribution is -2.49. The first kappa shape index (κ1) is 20.5. The smallest absolute Gasteiger partial charge is 0.330 e. The molecule has 0 spiro atoms. The highest BCUT2D eigenvalue weighted by atomic mass is 16.5. The molecule has 153 valence electrons. The van der Waals surface area contributed by atoms with Crippen molar-refractivity contribution in [2.75, 3.05) is 10.2 Å². The zero-order chi connectivity index (χ0) is 21.4. The van der Waals surface area contributed by atoms with E-state index in [1.807, 2.05) is 32.0 Å². The molecule has 3 aromatic rings. The van der Waals surface area contributed by atoms with Crippen molar-refractivity contribution in [3.8, 4) is 0 Å². The van der Waals surface area contributed by atoms with E-state index in [2.05, 4.69) is 70.9 Å². The molecule has 2 N–H and O–H groups in total. The summed E-state index contributed by atoms with van der Waals surface area (Å²) in [5.74, 6) is 0. The maximum Gasteiger partial charge on any atom is 0.330 e. The number of nitrogens with one attached hydrogen (secondary N) is 1. The molecule has 1 aliphatic heterocycles. The van der Waals surface area contributed by atoms with Crippen molar-refractivity contribution in [1.82, 2.24) is 0 Å². The van der Waals surface area contributed by atoms with E-state index in [0.717, 1.165) is 22.4 Å². The largest absolute Gasteiger partial charge is 0.427 e.